The zero-order chi connectivity index (χ0) is 12.6. The van der Waals surface area contributed by atoms with E-state index in [-0.39, 0.29) is 5.54 Å². The summed E-state index contributed by atoms with van der Waals surface area (Å²) >= 11 is 0. The number of hydrogen-bond acceptors (Lipinski definition) is 3. The lowest BCUT2D eigenvalue weighted by Gasteiger charge is -2.36. The number of nitrogens with one attached hydrogen (secondary N) is 1. The van der Waals surface area contributed by atoms with Gasteiger partial charge >= 0.3 is 5.97 Å². The Hall–Kier alpha value is -1.36. The minimum Gasteiger partial charge on any atom is -0.480 e. The highest BCUT2D eigenvalue weighted by atomic mass is 16.4. The zero-order valence-electron chi connectivity index (χ0n) is 10.5. The number of aromatic nitrogens is 2. The first-order chi connectivity index (χ1) is 7.95. The van der Waals surface area contributed by atoms with Crippen LogP contribution in [-0.4, -0.2) is 26.7 Å². The van der Waals surface area contributed by atoms with E-state index >= 15 is 0 Å². The van der Waals surface area contributed by atoms with Crippen molar-refractivity contribution >= 4 is 5.97 Å². The van der Waals surface area contributed by atoms with Gasteiger partial charge in [-0.15, -0.1) is 0 Å². The highest BCUT2D eigenvalue weighted by Gasteiger charge is 2.38. The van der Waals surface area contributed by atoms with Crippen molar-refractivity contribution in [3.05, 3.63) is 17.7 Å². The van der Waals surface area contributed by atoms with Gasteiger partial charge in [0.2, 0.25) is 0 Å². The lowest BCUT2D eigenvalue weighted by atomic mass is 9.89. The van der Waals surface area contributed by atoms with E-state index < -0.39 is 12.0 Å². The van der Waals surface area contributed by atoms with Crippen LogP contribution >= 0.6 is 0 Å². The maximum atomic E-state index is 11.1. The monoisotopic (exact) mass is 237 g/mol. The Morgan fingerprint density at radius 1 is 1.71 bits per heavy atom. The number of fused-ring (bicyclic) bond motifs is 1. The molecule has 0 bridgehead atoms. The van der Waals surface area contributed by atoms with Crippen LogP contribution in [0.25, 0.3) is 0 Å². The molecule has 1 aliphatic heterocycles. The van der Waals surface area contributed by atoms with Crippen LogP contribution in [-0.2, 0) is 23.3 Å². The molecule has 2 rings (SSSR count). The van der Waals surface area contributed by atoms with Crippen LogP contribution in [0.2, 0.25) is 0 Å². The van der Waals surface area contributed by atoms with E-state index in [4.69, 9.17) is 5.11 Å². The minimum atomic E-state index is -0.811. The Balaban J connectivity index is 2.39. The van der Waals surface area contributed by atoms with Crippen molar-refractivity contribution in [2.75, 3.05) is 0 Å². The van der Waals surface area contributed by atoms with E-state index in [1.807, 2.05) is 20.2 Å². The molecule has 0 aliphatic carbocycles. The van der Waals surface area contributed by atoms with E-state index in [0.717, 1.165) is 24.4 Å². The van der Waals surface area contributed by atoms with Gasteiger partial charge in [-0.25, -0.2) is 4.98 Å². The molecule has 1 aliphatic rings. The summed E-state index contributed by atoms with van der Waals surface area (Å²) < 4.78 is 2.13. The van der Waals surface area contributed by atoms with Crippen LogP contribution < -0.4 is 5.32 Å². The molecule has 2 N–H and O–H groups in total. The average molecular weight is 237 g/mol. The topological polar surface area (TPSA) is 67.2 Å². The van der Waals surface area contributed by atoms with Crippen LogP contribution in [0.5, 0.6) is 0 Å². The Kier molecular flexibility index (Phi) is 2.95. The molecule has 1 aromatic rings. The minimum absolute atomic E-state index is 0.345. The van der Waals surface area contributed by atoms with Gasteiger partial charge in [0.1, 0.15) is 6.04 Å². The quantitative estimate of drug-likeness (QED) is 0.827. The predicted octanol–water partition coefficient (Wildman–Crippen LogP) is 1.13. The summed E-state index contributed by atoms with van der Waals surface area (Å²) in [6.45, 7) is 7.06. The summed E-state index contributed by atoms with van der Waals surface area (Å²) in [6, 6.07) is -0.539. The van der Waals surface area contributed by atoms with Gasteiger partial charge in [0.25, 0.3) is 0 Å². The molecule has 2 heterocycles. The molecule has 94 valence electrons. The van der Waals surface area contributed by atoms with Crippen molar-refractivity contribution in [3.8, 4) is 0 Å². The fourth-order valence-corrected chi connectivity index (χ4v) is 2.60. The summed E-state index contributed by atoms with van der Waals surface area (Å²) in [6.07, 6.45) is 3.33. The van der Waals surface area contributed by atoms with Gasteiger partial charge in [-0.05, 0) is 20.3 Å². The van der Waals surface area contributed by atoms with Crippen LogP contribution in [0.4, 0.5) is 0 Å². The number of carboxylic acids is 1. The molecular formula is C12H19N3O2. The molecule has 5 heteroatoms. The Morgan fingerprint density at radius 2 is 2.41 bits per heavy atom. The molecule has 0 saturated heterocycles. The summed E-state index contributed by atoms with van der Waals surface area (Å²) in [5, 5.41) is 12.3. The summed E-state index contributed by atoms with van der Waals surface area (Å²) in [5.41, 5.74) is 1.69. The third-order valence-corrected chi connectivity index (χ3v) is 3.20. The Bertz CT molecular complexity index is 437. The fourth-order valence-electron chi connectivity index (χ4n) is 2.60. The summed E-state index contributed by atoms with van der Waals surface area (Å²) in [7, 11) is 0. The first-order valence-corrected chi connectivity index (χ1v) is 6.00. The fraction of sp³-hybridized carbons (Fsp3) is 0.667. The number of aryl methyl sites for hydroxylation is 1. The smallest absolute Gasteiger partial charge is 0.321 e. The molecule has 1 unspecified atom stereocenters. The number of aliphatic carboxylic acids is 1. The molecule has 1 aromatic heterocycles. The molecule has 0 fully saturated rings. The lowest BCUT2D eigenvalue weighted by molar-refractivity contribution is -0.140. The van der Waals surface area contributed by atoms with Crippen LogP contribution in [0.1, 0.15) is 38.6 Å². The SMILES string of the molecule is CCCn1cnc2c1C(C)(C)NC(C(=O)O)C2. The largest absolute Gasteiger partial charge is 0.480 e. The molecule has 0 spiro atoms. The predicted molar refractivity (Wildman–Crippen MR) is 63.8 cm³/mol. The van der Waals surface area contributed by atoms with Crippen LogP contribution in [0, 0.1) is 0 Å². The van der Waals surface area contributed by atoms with Crippen LogP contribution in [0.15, 0.2) is 6.33 Å². The van der Waals surface area contributed by atoms with E-state index in [9.17, 15) is 4.79 Å². The van der Waals surface area contributed by atoms with Crippen molar-refractivity contribution in [2.24, 2.45) is 0 Å². The third-order valence-electron chi connectivity index (χ3n) is 3.20. The number of hydrogen-bond donors (Lipinski definition) is 2. The zero-order valence-corrected chi connectivity index (χ0v) is 10.5. The molecule has 0 radical (unpaired) electrons. The molecule has 0 amide bonds. The molecule has 17 heavy (non-hydrogen) atoms. The first-order valence-electron chi connectivity index (χ1n) is 6.00. The first kappa shape index (κ1) is 12.1. The molecule has 1 atom stereocenters. The molecule has 0 aromatic carbocycles. The van der Waals surface area contributed by atoms with Gasteiger partial charge in [0.05, 0.1) is 23.3 Å². The van der Waals surface area contributed by atoms with Crippen molar-refractivity contribution in [1.29, 1.82) is 0 Å². The second kappa shape index (κ2) is 4.14. The second-order valence-electron chi connectivity index (χ2n) is 5.10. The maximum absolute atomic E-state index is 11.1. The summed E-state index contributed by atoms with van der Waals surface area (Å²) in [5.74, 6) is -0.811. The lowest BCUT2D eigenvalue weighted by Crippen LogP contribution is -2.53. The normalized spacial score (nSPS) is 22.2. The van der Waals surface area contributed by atoms with Gasteiger partial charge in [0, 0.05) is 13.0 Å². The van der Waals surface area contributed by atoms with E-state index in [1.165, 1.54) is 0 Å². The standard InChI is InChI=1S/C12H19N3O2/c1-4-5-15-7-13-8-6-9(11(16)17)14-12(2,3)10(8)15/h7,9,14H,4-6H2,1-3H3,(H,16,17). The average Bonchev–Trinajstić information content (AvgIpc) is 2.61. The Morgan fingerprint density at radius 3 is 3.00 bits per heavy atom. The number of nitrogens with zero attached hydrogens (tertiary/aromatic N) is 2. The van der Waals surface area contributed by atoms with E-state index in [1.54, 1.807) is 0 Å². The second-order valence-corrected chi connectivity index (χ2v) is 5.10. The maximum Gasteiger partial charge on any atom is 0.321 e. The van der Waals surface area contributed by atoms with Crippen molar-refractivity contribution in [3.63, 3.8) is 0 Å². The van der Waals surface area contributed by atoms with Gasteiger partial charge in [0.15, 0.2) is 0 Å². The third kappa shape index (κ3) is 2.07. The number of carboxylic acid groups (broad SMARTS) is 1. The van der Waals surface area contributed by atoms with Crippen LogP contribution in [0.3, 0.4) is 0 Å². The Labute approximate surface area is 101 Å². The molecular weight excluding hydrogens is 218 g/mol. The summed E-state index contributed by atoms with van der Waals surface area (Å²) in [4.78, 5) is 15.5. The number of rotatable bonds is 3. The highest BCUT2D eigenvalue weighted by molar-refractivity contribution is 5.74. The highest BCUT2D eigenvalue weighted by Crippen LogP contribution is 2.29. The van der Waals surface area contributed by atoms with E-state index in [2.05, 4.69) is 21.8 Å². The van der Waals surface area contributed by atoms with Gasteiger partial charge in [-0.3, -0.25) is 10.1 Å². The van der Waals surface area contributed by atoms with Crippen molar-refractivity contribution in [1.82, 2.24) is 14.9 Å². The van der Waals surface area contributed by atoms with Gasteiger partial charge in [-0.1, -0.05) is 6.92 Å². The van der Waals surface area contributed by atoms with Gasteiger partial charge in [-0.2, -0.15) is 0 Å². The van der Waals surface area contributed by atoms with E-state index in [0.29, 0.717) is 6.42 Å². The van der Waals surface area contributed by atoms with Gasteiger partial charge < -0.3 is 9.67 Å². The number of imidazole rings is 1. The molecule has 5 nitrogen and oxygen atoms in total. The number of carbonyl (C=O) groups is 1. The molecule has 0 saturated carbocycles. The van der Waals surface area contributed by atoms with Crippen molar-refractivity contribution in [2.45, 2.75) is 51.7 Å². The van der Waals surface area contributed by atoms with Crippen molar-refractivity contribution < 1.29 is 9.90 Å².